The topological polar surface area (TPSA) is 59.1 Å². The van der Waals surface area contributed by atoms with Gasteiger partial charge < -0.3 is 19.3 Å². The number of carbonyl (C=O) groups excluding carboxylic acids is 2. The number of halogens is 1. The van der Waals surface area contributed by atoms with E-state index in [1.807, 2.05) is 17.0 Å². The van der Waals surface area contributed by atoms with Crippen LogP contribution >= 0.6 is 22.9 Å². The summed E-state index contributed by atoms with van der Waals surface area (Å²) in [5.74, 6) is 0.794. The number of fused-ring (bicyclic) bond motifs is 1. The van der Waals surface area contributed by atoms with Crippen LogP contribution < -0.4 is 4.74 Å². The van der Waals surface area contributed by atoms with Gasteiger partial charge in [-0.2, -0.15) is 0 Å². The highest BCUT2D eigenvalue weighted by Crippen LogP contribution is 2.35. The number of nitrogens with zero attached hydrogens (tertiary/aromatic N) is 2. The van der Waals surface area contributed by atoms with Gasteiger partial charge in [0.15, 0.2) is 0 Å². The Labute approximate surface area is 191 Å². The molecule has 1 fully saturated rings. The fraction of sp³-hybridized carbons (Fsp3) is 0.478. The average molecular weight is 463 g/mol. The lowest BCUT2D eigenvalue weighted by Crippen LogP contribution is -2.48. The average Bonchev–Trinajstić information content (AvgIpc) is 3.52. The van der Waals surface area contributed by atoms with Gasteiger partial charge in [-0.1, -0.05) is 11.6 Å². The number of benzene rings is 1. The van der Waals surface area contributed by atoms with Crippen molar-refractivity contribution in [1.82, 2.24) is 9.80 Å². The molecule has 0 spiro atoms. The predicted octanol–water partition coefficient (Wildman–Crippen LogP) is 3.79. The van der Waals surface area contributed by atoms with E-state index in [-0.39, 0.29) is 30.3 Å². The summed E-state index contributed by atoms with van der Waals surface area (Å²) in [7, 11) is 1.61. The van der Waals surface area contributed by atoms with E-state index in [2.05, 4.69) is 11.4 Å². The monoisotopic (exact) mass is 462 g/mol. The molecule has 166 valence electrons. The SMILES string of the molecule is COCCN(CC(=O)N1CCc2sccc2[C@H]1COc1ccc(Cl)cc1)C(=O)C1CC1. The lowest BCUT2D eigenvalue weighted by atomic mass is 10.0. The number of hydrogen-bond acceptors (Lipinski definition) is 5. The van der Waals surface area contributed by atoms with Gasteiger partial charge in [0, 0.05) is 36.0 Å². The van der Waals surface area contributed by atoms with Crippen LogP contribution in [0.4, 0.5) is 0 Å². The van der Waals surface area contributed by atoms with Crippen molar-refractivity contribution in [2.75, 3.05) is 40.0 Å². The fourth-order valence-corrected chi connectivity index (χ4v) is 4.95. The Kier molecular flexibility index (Phi) is 7.15. The lowest BCUT2D eigenvalue weighted by molar-refractivity contribution is -0.143. The number of methoxy groups -OCH3 is 1. The van der Waals surface area contributed by atoms with Crippen LogP contribution in [-0.2, 0) is 20.7 Å². The van der Waals surface area contributed by atoms with E-state index in [1.165, 1.54) is 4.88 Å². The summed E-state index contributed by atoms with van der Waals surface area (Å²) >= 11 is 7.68. The highest BCUT2D eigenvalue weighted by molar-refractivity contribution is 7.10. The Morgan fingerprint density at radius 3 is 2.71 bits per heavy atom. The van der Waals surface area contributed by atoms with Crippen molar-refractivity contribution in [3.8, 4) is 5.75 Å². The van der Waals surface area contributed by atoms with Crippen LogP contribution in [0.3, 0.4) is 0 Å². The quantitative estimate of drug-likeness (QED) is 0.569. The zero-order valence-electron chi connectivity index (χ0n) is 17.6. The molecule has 1 aliphatic carbocycles. The third kappa shape index (κ3) is 5.40. The molecule has 4 rings (SSSR count). The van der Waals surface area contributed by atoms with Crippen molar-refractivity contribution in [3.63, 3.8) is 0 Å². The third-order valence-electron chi connectivity index (χ3n) is 5.77. The molecule has 6 nitrogen and oxygen atoms in total. The first-order valence-corrected chi connectivity index (χ1v) is 11.8. The number of rotatable bonds is 9. The summed E-state index contributed by atoms with van der Waals surface area (Å²) in [6, 6.07) is 9.12. The summed E-state index contributed by atoms with van der Waals surface area (Å²) in [4.78, 5) is 30.8. The maximum Gasteiger partial charge on any atom is 0.242 e. The van der Waals surface area contributed by atoms with Crippen LogP contribution in [0.25, 0.3) is 0 Å². The Bertz CT molecular complexity index is 913. The van der Waals surface area contributed by atoms with Crippen LogP contribution in [0, 0.1) is 5.92 Å². The largest absolute Gasteiger partial charge is 0.491 e. The summed E-state index contributed by atoms with van der Waals surface area (Å²) in [5, 5.41) is 2.72. The minimum absolute atomic E-state index is 0.0494. The lowest BCUT2D eigenvalue weighted by Gasteiger charge is -2.37. The molecule has 2 aliphatic rings. The van der Waals surface area contributed by atoms with E-state index in [0.29, 0.717) is 37.1 Å². The molecule has 2 amide bonds. The van der Waals surface area contributed by atoms with E-state index in [9.17, 15) is 9.59 Å². The molecule has 0 radical (unpaired) electrons. The zero-order chi connectivity index (χ0) is 21.8. The maximum atomic E-state index is 13.3. The Hall–Kier alpha value is -2.09. The number of amides is 2. The summed E-state index contributed by atoms with van der Waals surface area (Å²) in [6.45, 7) is 1.91. The molecule has 0 unspecified atom stereocenters. The summed E-state index contributed by atoms with van der Waals surface area (Å²) in [5.41, 5.74) is 1.13. The molecule has 8 heteroatoms. The molecule has 31 heavy (non-hydrogen) atoms. The van der Waals surface area contributed by atoms with Gasteiger partial charge in [-0.25, -0.2) is 0 Å². The highest BCUT2D eigenvalue weighted by Gasteiger charge is 2.37. The van der Waals surface area contributed by atoms with Crippen LogP contribution in [0.5, 0.6) is 5.75 Å². The van der Waals surface area contributed by atoms with Crippen molar-refractivity contribution < 1.29 is 19.1 Å². The van der Waals surface area contributed by atoms with Gasteiger partial charge in [0.25, 0.3) is 0 Å². The maximum absolute atomic E-state index is 13.3. The van der Waals surface area contributed by atoms with Crippen molar-refractivity contribution >= 4 is 34.8 Å². The van der Waals surface area contributed by atoms with Gasteiger partial charge in [0.2, 0.25) is 11.8 Å². The number of ether oxygens (including phenoxy) is 2. The standard InChI is InChI=1S/C23H27ClN2O4S/c1-29-12-11-25(23(28)16-2-3-16)14-22(27)26-10-8-21-19(9-13-31-21)20(26)15-30-18-6-4-17(24)5-7-18/h4-7,9,13,16,20H,2-3,8,10-12,14-15H2,1H3/t20-/m1/s1. The molecular weight excluding hydrogens is 436 g/mol. The van der Waals surface area contributed by atoms with Crippen LogP contribution in [0.1, 0.15) is 29.3 Å². The second kappa shape index (κ2) is 10.0. The first kappa shape index (κ1) is 22.1. The highest BCUT2D eigenvalue weighted by atomic mass is 35.5. The Morgan fingerprint density at radius 1 is 1.23 bits per heavy atom. The second-order valence-corrected chi connectivity index (χ2v) is 9.38. The predicted molar refractivity (Wildman–Crippen MR) is 121 cm³/mol. The summed E-state index contributed by atoms with van der Waals surface area (Å²) < 4.78 is 11.2. The first-order chi connectivity index (χ1) is 15.1. The van der Waals surface area contributed by atoms with Gasteiger partial charge in [0.05, 0.1) is 19.2 Å². The minimum Gasteiger partial charge on any atom is -0.491 e. The molecule has 1 saturated carbocycles. The van der Waals surface area contributed by atoms with Gasteiger partial charge in [-0.3, -0.25) is 9.59 Å². The Balaban J connectivity index is 1.48. The van der Waals surface area contributed by atoms with Crippen LogP contribution in [0.2, 0.25) is 5.02 Å². The molecule has 2 aromatic rings. The zero-order valence-corrected chi connectivity index (χ0v) is 19.2. The van der Waals surface area contributed by atoms with Crippen molar-refractivity contribution in [3.05, 3.63) is 51.2 Å². The van der Waals surface area contributed by atoms with E-state index < -0.39 is 0 Å². The molecule has 1 atom stereocenters. The molecule has 0 bridgehead atoms. The molecule has 0 N–H and O–H groups in total. The van der Waals surface area contributed by atoms with Gasteiger partial charge in [0.1, 0.15) is 12.4 Å². The first-order valence-electron chi connectivity index (χ1n) is 10.6. The molecule has 2 heterocycles. The van der Waals surface area contributed by atoms with Gasteiger partial charge in [-0.05, 0) is 60.5 Å². The van der Waals surface area contributed by atoms with Crippen molar-refractivity contribution in [2.45, 2.75) is 25.3 Å². The fourth-order valence-electron chi connectivity index (χ4n) is 3.89. The minimum atomic E-state index is -0.182. The summed E-state index contributed by atoms with van der Waals surface area (Å²) in [6.07, 6.45) is 2.65. The Morgan fingerprint density at radius 2 is 2.00 bits per heavy atom. The van der Waals surface area contributed by atoms with Gasteiger partial charge in [-0.15, -0.1) is 11.3 Å². The van der Waals surface area contributed by atoms with Gasteiger partial charge >= 0.3 is 0 Å². The molecule has 0 saturated heterocycles. The molecule has 1 aliphatic heterocycles. The number of thiophene rings is 1. The smallest absolute Gasteiger partial charge is 0.242 e. The van der Waals surface area contributed by atoms with E-state index in [0.717, 1.165) is 24.8 Å². The van der Waals surface area contributed by atoms with Crippen molar-refractivity contribution in [2.24, 2.45) is 5.92 Å². The van der Waals surface area contributed by atoms with Crippen LogP contribution in [0.15, 0.2) is 35.7 Å². The molecular formula is C23H27ClN2O4S. The van der Waals surface area contributed by atoms with Crippen LogP contribution in [-0.4, -0.2) is 61.6 Å². The van der Waals surface area contributed by atoms with E-state index in [1.54, 1.807) is 35.5 Å². The molecule has 1 aromatic heterocycles. The van der Waals surface area contributed by atoms with E-state index >= 15 is 0 Å². The normalized spacial score (nSPS) is 17.9. The van der Waals surface area contributed by atoms with E-state index in [4.69, 9.17) is 21.1 Å². The number of carbonyl (C=O) groups is 2. The van der Waals surface area contributed by atoms with Crippen molar-refractivity contribution in [1.29, 1.82) is 0 Å². The molecule has 1 aromatic carbocycles. The third-order valence-corrected chi connectivity index (χ3v) is 7.01. The number of hydrogen-bond donors (Lipinski definition) is 0. The second-order valence-electron chi connectivity index (χ2n) is 7.94.